The largest absolute Gasteiger partial charge is 0.479 e. The molecule has 0 bridgehead atoms. The number of rotatable bonds is 7. The number of hydrogen-bond donors (Lipinski definition) is 0. The first-order valence-electron chi connectivity index (χ1n) is 8.31. The molecule has 1 aromatic carbocycles. The average Bonchev–Trinajstić information content (AvgIpc) is 2.93. The Morgan fingerprint density at radius 1 is 1.34 bits per heavy atom. The van der Waals surface area contributed by atoms with Crippen LogP contribution in [0.5, 0.6) is 5.75 Å². The summed E-state index contributed by atoms with van der Waals surface area (Å²) >= 11 is 10.2. The van der Waals surface area contributed by atoms with Gasteiger partial charge in [0, 0.05) is 0 Å². The van der Waals surface area contributed by atoms with E-state index in [1.807, 2.05) is 0 Å². The number of halogens is 2. The van der Waals surface area contributed by atoms with Crippen molar-refractivity contribution < 1.29 is 33.4 Å². The van der Waals surface area contributed by atoms with Gasteiger partial charge in [-0.25, -0.2) is 9.59 Å². The Hall–Kier alpha value is -2.04. The molecule has 1 heterocycles. The topological polar surface area (TPSA) is 99.2 Å². The third-order valence-corrected chi connectivity index (χ3v) is 5.47. The van der Waals surface area contributed by atoms with Crippen LogP contribution in [0, 0.1) is 0 Å². The van der Waals surface area contributed by atoms with Gasteiger partial charge in [0.1, 0.15) is 6.04 Å². The second kappa shape index (κ2) is 10.1. The van der Waals surface area contributed by atoms with Crippen LogP contribution in [-0.2, 0) is 23.9 Å². The van der Waals surface area contributed by atoms with Gasteiger partial charge >= 0.3 is 11.9 Å². The summed E-state index contributed by atoms with van der Waals surface area (Å²) in [5, 5.41) is -0.376. The van der Waals surface area contributed by atoms with Gasteiger partial charge in [0.25, 0.3) is 11.1 Å². The van der Waals surface area contributed by atoms with Gasteiger partial charge < -0.3 is 14.2 Å². The third kappa shape index (κ3) is 5.52. The molecule has 1 atom stereocenters. The molecule has 1 fully saturated rings. The SMILES string of the molecule is CCOC(=O)[C@@H](C)N1C(=O)S/C(=C\c2cc(Cl)c(OCC(=O)OC)c(Br)c2)C1=O. The molecule has 1 aliphatic heterocycles. The van der Waals surface area contributed by atoms with Gasteiger partial charge in [-0.05, 0) is 65.3 Å². The van der Waals surface area contributed by atoms with Crippen molar-refractivity contribution >= 4 is 68.5 Å². The highest BCUT2D eigenvalue weighted by molar-refractivity contribution is 9.10. The lowest BCUT2D eigenvalue weighted by Gasteiger charge is -2.19. The van der Waals surface area contributed by atoms with Crippen LogP contribution in [0.25, 0.3) is 6.08 Å². The molecule has 2 amide bonds. The summed E-state index contributed by atoms with van der Waals surface area (Å²) in [5.74, 6) is -1.59. The number of hydrogen-bond acceptors (Lipinski definition) is 8. The number of nitrogens with zero attached hydrogens (tertiary/aromatic N) is 1. The van der Waals surface area contributed by atoms with E-state index in [4.69, 9.17) is 21.1 Å². The van der Waals surface area contributed by atoms with Gasteiger partial charge in [0.05, 0.1) is 28.1 Å². The minimum Gasteiger partial charge on any atom is -0.479 e. The first-order chi connectivity index (χ1) is 13.7. The van der Waals surface area contributed by atoms with Gasteiger partial charge in [0.15, 0.2) is 12.4 Å². The molecule has 0 aromatic heterocycles. The first-order valence-corrected chi connectivity index (χ1v) is 10.3. The summed E-state index contributed by atoms with van der Waals surface area (Å²) in [6, 6.07) is 2.10. The minimum atomic E-state index is -1.03. The molecule has 0 N–H and O–H groups in total. The van der Waals surface area contributed by atoms with Crippen molar-refractivity contribution in [3.63, 3.8) is 0 Å². The number of esters is 2. The standard InChI is InChI=1S/C18H17BrClNO7S/c1-4-27-17(24)9(2)21-16(23)13(29-18(21)25)7-10-5-11(19)15(12(20)6-10)28-8-14(22)26-3/h5-7,9H,4,8H2,1-3H3/b13-7-/t9-/m1/s1. The van der Waals surface area contributed by atoms with Crippen LogP contribution in [0.3, 0.4) is 0 Å². The van der Waals surface area contributed by atoms with Crippen LogP contribution in [-0.4, -0.2) is 54.4 Å². The molecule has 8 nitrogen and oxygen atoms in total. The molecule has 0 unspecified atom stereocenters. The maximum absolute atomic E-state index is 12.6. The zero-order chi connectivity index (χ0) is 21.7. The van der Waals surface area contributed by atoms with E-state index >= 15 is 0 Å². The van der Waals surface area contributed by atoms with Gasteiger partial charge in [-0.2, -0.15) is 0 Å². The predicted molar refractivity (Wildman–Crippen MR) is 111 cm³/mol. The van der Waals surface area contributed by atoms with E-state index in [2.05, 4.69) is 20.7 Å². The second-order valence-electron chi connectivity index (χ2n) is 5.66. The summed E-state index contributed by atoms with van der Waals surface area (Å²) < 4.78 is 15.1. The quantitative estimate of drug-likeness (QED) is 0.408. The lowest BCUT2D eigenvalue weighted by molar-refractivity contribution is -0.150. The smallest absolute Gasteiger partial charge is 0.343 e. The Morgan fingerprint density at radius 3 is 2.62 bits per heavy atom. The van der Waals surface area contributed by atoms with Gasteiger partial charge in [0.2, 0.25) is 0 Å². The van der Waals surface area contributed by atoms with Gasteiger partial charge in [-0.3, -0.25) is 14.5 Å². The van der Waals surface area contributed by atoms with E-state index in [0.29, 0.717) is 21.8 Å². The van der Waals surface area contributed by atoms with Crippen molar-refractivity contribution in [1.82, 2.24) is 4.90 Å². The Balaban J connectivity index is 2.24. The molecular formula is C18H17BrClNO7S. The van der Waals surface area contributed by atoms with Gasteiger partial charge in [-0.1, -0.05) is 11.6 Å². The second-order valence-corrected chi connectivity index (χ2v) is 7.91. The molecule has 0 saturated carbocycles. The van der Waals surface area contributed by atoms with Crippen molar-refractivity contribution in [3.05, 3.63) is 32.1 Å². The first kappa shape index (κ1) is 23.2. The summed E-state index contributed by atoms with van der Waals surface area (Å²) in [7, 11) is 1.24. The highest BCUT2D eigenvalue weighted by Crippen LogP contribution is 2.38. The molecule has 0 aliphatic carbocycles. The van der Waals surface area contributed by atoms with Crippen LogP contribution in [0.4, 0.5) is 4.79 Å². The van der Waals surface area contributed by atoms with Crippen molar-refractivity contribution in [1.29, 1.82) is 0 Å². The molecule has 0 spiro atoms. The summed E-state index contributed by atoms with van der Waals surface area (Å²) in [4.78, 5) is 48.9. The molecule has 156 valence electrons. The number of amides is 2. The van der Waals surface area contributed by atoms with Crippen molar-refractivity contribution in [2.75, 3.05) is 20.3 Å². The van der Waals surface area contributed by atoms with Crippen LogP contribution in [0.1, 0.15) is 19.4 Å². The van der Waals surface area contributed by atoms with Crippen LogP contribution >= 0.6 is 39.3 Å². The Kier molecular flexibility index (Phi) is 8.12. The fourth-order valence-corrected chi connectivity index (χ4v) is 4.22. The third-order valence-electron chi connectivity index (χ3n) is 3.72. The fourth-order valence-electron chi connectivity index (χ4n) is 2.32. The molecular weight excluding hydrogens is 490 g/mol. The number of benzene rings is 1. The van der Waals surface area contributed by atoms with E-state index in [1.165, 1.54) is 26.2 Å². The zero-order valence-electron chi connectivity index (χ0n) is 15.7. The average molecular weight is 507 g/mol. The molecule has 1 aliphatic rings. The molecule has 29 heavy (non-hydrogen) atoms. The summed E-state index contributed by atoms with van der Waals surface area (Å²) in [6.45, 7) is 2.89. The lowest BCUT2D eigenvalue weighted by atomic mass is 10.2. The Morgan fingerprint density at radius 2 is 2.03 bits per heavy atom. The molecule has 11 heteroatoms. The highest BCUT2D eigenvalue weighted by Gasteiger charge is 2.41. The number of imide groups is 1. The number of carbonyl (C=O) groups excluding carboxylic acids is 4. The number of methoxy groups -OCH3 is 1. The van der Waals surface area contributed by atoms with Crippen molar-refractivity contribution in [2.24, 2.45) is 0 Å². The molecule has 0 radical (unpaired) electrons. The highest BCUT2D eigenvalue weighted by atomic mass is 79.9. The van der Waals surface area contributed by atoms with E-state index in [1.54, 1.807) is 13.0 Å². The number of ether oxygens (including phenoxy) is 3. The van der Waals surface area contributed by atoms with Crippen LogP contribution < -0.4 is 4.74 Å². The predicted octanol–water partition coefficient (Wildman–Crippen LogP) is 3.64. The zero-order valence-corrected chi connectivity index (χ0v) is 18.9. The van der Waals surface area contributed by atoms with E-state index in [0.717, 1.165) is 4.90 Å². The van der Waals surface area contributed by atoms with Crippen molar-refractivity contribution in [3.8, 4) is 5.75 Å². The molecule has 1 aromatic rings. The minimum absolute atomic E-state index is 0.136. The van der Waals surface area contributed by atoms with E-state index in [-0.39, 0.29) is 28.9 Å². The van der Waals surface area contributed by atoms with Crippen LogP contribution in [0.2, 0.25) is 5.02 Å². The Labute approximate surface area is 184 Å². The fraction of sp³-hybridized carbons (Fsp3) is 0.333. The lowest BCUT2D eigenvalue weighted by Crippen LogP contribution is -2.42. The molecule has 1 saturated heterocycles. The monoisotopic (exact) mass is 505 g/mol. The van der Waals surface area contributed by atoms with Crippen molar-refractivity contribution in [2.45, 2.75) is 19.9 Å². The Bertz CT molecular complexity index is 866. The van der Waals surface area contributed by atoms with E-state index < -0.39 is 29.1 Å². The number of thioether (sulfide) groups is 1. The summed E-state index contributed by atoms with van der Waals surface area (Å²) in [6.07, 6.45) is 1.48. The van der Waals surface area contributed by atoms with Gasteiger partial charge in [-0.15, -0.1) is 0 Å². The summed E-state index contributed by atoms with van der Waals surface area (Å²) in [5.41, 5.74) is 0.515. The number of carbonyl (C=O) groups is 4. The normalized spacial score (nSPS) is 16.2. The maximum atomic E-state index is 12.6. The molecule has 2 rings (SSSR count). The van der Waals surface area contributed by atoms with E-state index in [9.17, 15) is 19.2 Å². The van der Waals surface area contributed by atoms with Crippen LogP contribution in [0.15, 0.2) is 21.5 Å². The maximum Gasteiger partial charge on any atom is 0.343 e.